The maximum atomic E-state index is 14.8. The average Bonchev–Trinajstić information content (AvgIpc) is 1.20. The molecule has 4 rings (SSSR count). The first kappa shape index (κ1) is 90.1. The van der Waals surface area contributed by atoms with Crippen LogP contribution in [0.4, 0.5) is 0 Å². The summed E-state index contributed by atoms with van der Waals surface area (Å²) in [6.45, 7) is 24.9. The fourth-order valence-corrected chi connectivity index (χ4v) is 12.3. The summed E-state index contributed by atoms with van der Waals surface area (Å²) >= 11 is 1.18. The van der Waals surface area contributed by atoms with Crippen LogP contribution in [0.2, 0.25) is 0 Å². The molecule has 0 spiro atoms. The third kappa shape index (κ3) is 37.8. The minimum Gasteiger partial charge on any atom is -0.466 e. The lowest BCUT2D eigenvalue weighted by Gasteiger charge is -2.37. The second-order valence-corrected chi connectivity index (χ2v) is 26.5. The number of Topliss-reactive ketones (excluding diaryl/α,β-unsaturated/α-hetero) is 1. The van der Waals surface area contributed by atoms with Crippen LogP contribution in [0.15, 0.2) is 47.9 Å². The minimum atomic E-state index is -0.874. The van der Waals surface area contributed by atoms with Crippen LogP contribution in [0.5, 0.6) is 0 Å². The summed E-state index contributed by atoms with van der Waals surface area (Å²) < 4.78 is 77.7. The molecule has 0 aliphatic carbocycles. The van der Waals surface area contributed by atoms with Gasteiger partial charge in [-0.15, -0.1) is 11.3 Å². The summed E-state index contributed by atoms with van der Waals surface area (Å²) in [4.78, 5) is 124. The second-order valence-electron chi connectivity index (χ2n) is 25.6. The highest BCUT2D eigenvalue weighted by Gasteiger charge is 2.40. The van der Waals surface area contributed by atoms with Gasteiger partial charge in [-0.2, -0.15) is 0 Å². The fourth-order valence-electron chi connectivity index (χ4n) is 11.4. The van der Waals surface area contributed by atoms with E-state index >= 15 is 0 Å². The summed E-state index contributed by atoms with van der Waals surface area (Å²) in [6, 6.07) is 7.64. The molecule has 3 N–H and O–H groups in total. The van der Waals surface area contributed by atoms with Crippen LogP contribution in [0.1, 0.15) is 134 Å². The van der Waals surface area contributed by atoms with Crippen LogP contribution in [0.3, 0.4) is 0 Å². The highest BCUT2D eigenvalue weighted by molar-refractivity contribution is 7.09. The Morgan fingerprint density at radius 1 is 0.606 bits per heavy atom. The first-order chi connectivity index (χ1) is 50.3. The lowest BCUT2D eigenvalue weighted by molar-refractivity contribution is -0.149. The van der Waals surface area contributed by atoms with Crippen molar-refractivity contribution in [3.63, 3.8) is 0 Å². The Balaban J connectivity index is 0.975. The van der Waals surface area contributed by atoms with Gasteiger partial charge >= 0.3 is 11.9 Å². The number of esters is 2. The number of amides is 6. The number of hydrogen-bond donors (Lipinski definition) is 3. The topological polar surface area (TPSA) is 338 Å². The summed E-state index contributed by atoms with van der Waals surface area (Å²) in [5.41, 5.74) is 1.12. The second kappa shape index (κ2) is 55.2. The van der Waals surface area contributed by atoms with Gasteiger partial charge in [-0.05, 0) is 68.8 Å². The van der Waals surface area contributed by atoms with Crippen LogP contribution >= 0.6 is 11.3 Å². The summed E-state index contributed by atoms with van der Waals surface area (Å²) in [6.07, 6.45) is 5.21. The van der Waals surface area contributed by atoms with E-state index in [0.29, 0.717) is 189 Å². The molecule has 29 nitrogen and oxygen atoms in total. The predicted octanol–water partition coefficient (Wildman–Crippen LogP) is 5.48. The molecule has 30 heteroatoms. The Hall–Kier alpha value is -6.26. The molecule has 0 bridgehead atoms. The normalized spacial score (nSPS) is 15.9. The molecule has 2 aliphatic rings. The number of benzene rings is 1. The molecule has 588 valence electrons. The van der Waals surface area contributed by atoms with Crippen LogP contribution in [-0.2, 0) is 111 Å². The minimum absolute atomic E-state index is 0.0349. The SMILES string of the molecule is CCOC(=O)[C@@H](C)C[C@H](Cc1ccccc1)NC(=O)c1csc([C@@H](C[C@H](C(C)C)C(C)C(=O)[C@@H](NC(=O)C2CCCCN2C(=O)CCOCCOCCOCCOCCOCCOCCOCCOCCOCCOCCOCCOCCNC(=O)CCN2C(=O)C=CC2=O)[C@@H](C)CC)OC(C)=O)n1. The van der Waals surface area contributed by atoms with Gasteiger partial charge in [-0.25, -0.2) is 4.98 Å². The standard InChI is InChI=1S/C74H118N6O23S/c1-9-55(5)69(70(86)57(7)61(54(3)4)52-64(103-58(8)81)73-77-62(53-104-73)71(87)76-60(50-56(6)74(89)102-10-2)51-59-16-12-11-13-17-59)78-72(88)63-18-14-15-24-79(63)68(85)22-26-90-28-30-92-32-34-94-36-38-96-40-42-98-44-46-100-48-49-101-47-45-99-43-41-97-39-37-95-35-33-93-31-29-91-27-23-75-65(82)21-25-80-66(83)19-20-67(80)84/h11-13,16-17,19-20,53-57,60-61,63-64,69H,9-10,14-15,18,21-52H2,1-8H3,(H,75,82)(H,76,87)(H,78,88)/t55-,56-,57?,60+,61+,63?,64+,69-/m0/s1. The maximum Gasteiger partial charge on any atom is 0.308 e. The van der Waals surface area contributed by atoms with E-state index in [1.807, 2.05) is 65.0 Å². The highest BCUT2D eigenvalue weighted by atomic mass is 32.1. The van der Waals surface area contributed by atoms with Gasteiger partial charge < -0.3 is 87.2 Å². The van der Waals surface area contributed by atoms with Gasteiger partial charge in [-0.3, -0.25) is 48.1 Å². The first-order valence-electron chi connectivity index (χ1n) is 36.9. The lowest BCUT2D eigenvalue weighted by Crippen LogP contribution is -2.57. The summed E-state index contributed by atoms with van der Waals surface area (Å²) in [5.74, 6) is -4.89. The van der Waals surface area contributed by atoms with Crippen LogP contribution in [0, 0.1) is 29.6 Å². The van der Waals surface area contributed by atoms with Crippen LogP contribution < -0.4 is 16.0 Å². The van der Waals surface area contributed by atoms with E-state index in [1.165, 1.54) is 30.4 Å². The van der Waals surface area contributed by atoms with E-state index < -0.39 is 59.8 Å². The Labute approximate surface area is 618 Å². The molecule has 1 aromatic heterocycles. The molecule has 2 aromatic rings. The number of aromatic nitrogens is 1. The molecule has 2 aliphatic heterocycles. The lowest BCUT2D eigenvalue weighted by atomic mass is 9.75. The monoisotopic (exact) mass is 1490 g/mol. The Morgan fingerprint density at radius 3 is 1.57 bits per heavy atom. The van der Waals surface area contributed by atoms with Crippen LogP contribution in [0.25, 0.3) is 0 Å². The van der Waals surface area contributed by atoms with Crippen LogP contribution in [-0.4, -0.2) is 271 Å². The molecule has 2 unspecified atom stereocenters. The fraction of sp³-hybridized carbons (Fsp3) is 0.730. The molecule has 1 saturated heterocycles. The van der Waals surface area contributed by atoms with Gasteiger partial charge in [0.1, 0.15) is 16.7 Å². The molecule has 104 heavy (non-hydrogen) atoms. The molecular weight excluding hydrogens is 1370 g/mol. The molecule has 0 radical (unpaired) electrons. The molecule has 1 aromatic carbocycles. The number of thiazole rings is 1. The van der Waals surface area contributed by atoms with Crippen molar-refractivity contribution in [2.24, 2.45) is 29.6 Å². The number of piperidine rings is 1. The van der Waals surface area contributed by atoms with Gasteiger partial charge in [0.05, 0.1) is 184 Å². The van der Waals surface area contributed by atoms with Gasteiger partial charge in [0.25, 0.3) is 17.7 Å². The van der Waals surface area contributed by atoms with Gasteiger partial charge in [0, 0.05) is 62.5 Å². The number of ketones is 1. The number of carbonyl (C=O) groups excluding carboxylic acids is 9. The Morgan fingerprint density at radius 2 is 1.10 bits per heavy atom. The zero-order chi connectivity index (χ0) is 75.5. The number of likely N-dealkylation sites (tertiary alicyclic amines) is 1. The van der Waals surface area contributed by atoms with Gasteiger partial charge in [-0.1, -0.05) is 78.3 Å². The van der Waals surface area contributed by atoms with Crippen molar-refractivity contribution in [3.8, 4) is 0 Å². The molecular formula is C74H118N6O23S. The quantitative estimate of drug-likeness (QED) is 0.0419. The number of carbonyl (C=O) groups is 9. The molecule has 1 fully saturated rings. The first-order valence-corrected chi connectivity index (χ1v) is 37.7. The van der Waals surface area contributed by atoms with E-state index in [0.717, 1.165) is 23.3 Å². The van der Waals surface area contributed by atoms with Gasteiger partial charge in [0.2, 0.25) is 17.7 Å². The number of rotatable bonds is 62. The third-order valence-electron chi connectivity index (χ3n) is 17.3. The zero-order valence-corrected chi connectivity index (χ0v) is 63.4. The number of nitrogens with zero attached hydrogens (tertiary/aromatic N) is 3. The van der Waals surface area contributed by atoms with Crippen molar-refractivity contribution in [1.29, 1.82) is 0 Å². The number of hydrogen-bond acceptors (Lipinski definition) is 25. The van der Waals surface area contributed by atoms with Gasteiger partial charge in [0.15, 0.2) is 11.9 Å². The van der Waals surface area contributed by atoms with E-state index in [1.54, 1.807) is 24.1 Å². The number of ether oxygens (including phenoxy) is 14. The smallest absolute Gasteiger partial charge is 0.308 e. The molecule has 8 atom stereocenters. The number of imide groups is 1. The molecule has 0 saturated carbocycles. The Bertz CT molecular complexity index is 2780. The van der Waals surface area contributed by atoms with Crippen molar-refractivity contribution >= 4 is 64.5 Å². The average molecular weight is 1490 g/mol. The van der Waals surface area contributed by atoms with Crippen molar-refractivity contribution in [3.05, 3.63) is 64.1 Å². The van der Waals surface area contributed by atoms with E-state index in [9.17, 15) is 43.2 Å². The van der Waals surface area contributed by atoms with Crippen molar-refractivity contribution in [2.45, 2.75) is 137 Å². The third-order valence-corrected chi connectivity index (χ3v) is 18.2. The summed E-state index contributed by atoms with van der Waals surface area (Å²) in [7, 11) is 0. The predicted molar refractivity (Wildman–Crippen MR) is 384 cm³/mol. The largest absolute Gasteiger partial charge is 0.466 e. The van der Waals surface area contributed by atoms with Crippen molar-refractivity contribution < 1.29 is 109 Å². The van der Waals surface area contributed by atoms with E-state index in [4.69, 9.17) is 66.3 Å². The van der Waals surface area contributed by atoms with E-state index in [2.05, 4.69) is 20.9 Å². The number of nitrogens with one attached hydrogen (secondary N) is 3. The summed E-state index contributed by atoms with van der Waals surface area (Å²) in [5, 5.41) is 10.9. The highest BCUT2D eigenvalue weighted by Crippen LogP contribution is 2.37. The molecule has 6 amide bonds. The molecule has 3 heterocycles. The maximum absolute atomic E-state index is 14.8. The van der Waals surface area contributed by atoms with Crippen molar-refractivity contribution in [1.82, 2.24) is 30.7 Å². The Kier molecular flexibility index (Phi) is 47.8. The zero-order valence-electron chi connectivity index (χ0n) is 62.6. The van der Waals surface area contributed by atoms with E-state index in [-0.39, 0.29) is 98.5 Å². The van der Waals surface area contributed by atoms with Crippen molar-refractivity contribution in [2.75, 3.05) is 185 Å².